The molecule has 0 bridgehead atoms. The average molecular weight is 280 g/mol. The first kappa shape index (κ1) is 10.1. The lowest BCUT2D eigenvalue weighted by Crippen LogP contribution is -2.25. The van der Waals surface area contributed by atoms with E-state index in [1.165, 1.54) is 12.8 Å². The van der Waals surface area contributed by atoms with E-state index in [2.05, 4.69) is 38.5 Å². The van der Waals surface area contributed by atoms with Gasteiger partial charge in [0.05, 0.1) is 11.0 Å². The first-order valence-electron chi connectivity index (χ1n) is 5.58. The van der Waals surface area contributed by atoms with Crippen molar-refractivity contribution in [3.63, 3.8) is 0 Å². The molecule has 1 aromatic carbocycles. The Kier molecular flexibility index (Phi) is 2.21. The van der Waals surface area contributed by atoms with Crippen molar-refractivity contribution in [2.45, 2.75) is 25.8 Å². The van der Waals surface area contributed by atoms with Crippen molar-refractivity contribution in [3.8, 4) is 0 Å². The van der Waals surface area contributed by atoms with Crippen LogP contribution in [0.25, 0.3) is 11.0 Å². The topological polar surface area (TPSA) is 43.8 Å². The van der Waals surface area contributed by atoms with Crippen LogP contribution in [0, 0.1) is 5.92 Å². The molecule has 1 heterocycles. The molecule has 1 saturated carbocycles. The first-order chi connectivity index (χ1) is 7.65. The van der Waals surface area contributed by atoms with Crippen molar-refractivity contribution in [1.82, 2.24) is 9.55 Å². The molecule has 3 nitrogen and oxygen atoms in total. The summed E-state index contributed by atoms with van der Waals surface area (Å²) in [7, 11) is 0. The van der Waals surface area contributed by atoms with Gasteiger partial charge >= 0.3 is 0 Å². The van der Waals surface area contributed by atoms with Crippen LogP contribution in [0.5, 0.6) is 0 Å². The molecule has 2 N–H and O–H groups in total. The van der Waals surface area contributed by atoms with Crippen LogP contribution in [-0.2, 0) is 0 Å². The molecule has 1 fully saturated rings. The smallest absolute Gasteiger partial charge is 0.201 e. The monoisotopic (exact) mass is 279 g/mol. The van der Waals surface area contributed by atoms with E-state index in [0.29, 0.717) is 12.0 Å². The van der Waals surface area contributed by atoms with Crippen LogP contribution in [0.15, 0.2) is 22.7 Å². The maximum Gasteiger partial charge on any atom is 0.201 e. The number of imidazole rings is 1. The van der Waals surface area contributed by atoms with E-state index < -0.39 is 0 Å². The van der Waals surface area contributed by atoms with Crippen LogP contribution < -0.4 is 5.73 Å². The fourth-order valence-corrected chi connectivity index (χ4v) is 2.89. The highest BCUT2D eigenvalue weighted by atomic mass is 79.9. The first-order valence-corrected chi connectivity index (χ1v) is 6.37. The summed E-state index contributed by atoms with van der Waals surface area (Å²) in [4.78, 5) is 4.41. The molecule has 0 amide bonds. The van der Waals surface area contributed by atoms with Gasteiger partial charge in [0.1, 0.15) is 0 Å². The van der Waals surface area contributed by atoms with Crippen molar-refractivity contribution in [1.29, 1.82) is 0 Å². The highest BCUT2D eigenvalue weighted by Crippen LogP contribution is 2.40. The minimum Gasteiger partial charge on any atom is -0.369 e. The summed E-state index contributed by atoms with van der Waals surface area (Å²) >= 11 is 3.45. The zero-order valence-corrected chi connectivity index (χ0v) is 10.7. The number of rotatable bonds is 1. The summed E-state index contributed by atoms with van der Waals surface area (Å²) in [5.41, 5.74) is 8.12. The van der Waals surface area contributed by atoms with Crippen LogP contribution >= 0.6 is 15.9 Å². The molecule has 0 aliphatic heterocycles. The number of nitrogen functional groups attached to an aromatic ring is 1. The van der Waals surface area contributed by atoms with Crippen molar-refractivity contribution in [2.75, 3.05) is 5.73 Å². The third kappa shape index (κ3) is 1.44. The molecule has 0 unspecified atom stereocenters. The Bertz CT molecular complexity index is 540. The predicted molar refractivity (Wildman–Crippen MR) is 69.3 cm³/mol. The second-order valence-corrected chi connectivity index (χ2v) is 5.62. The Balaban J connectivity index is 2.13. The Morgan fingerprint density at radius 3 is 2.88 bits per heavy atom. The van der Waals surface area contributed by atoms with E-state index in [9.17, 15) is 0 Å². The summed E-state index contributed by atoms with van der Waals surface area (Å²) in [5.74, 6) is 1.46. The number of nitrogens with two attached hydrogens (primary N) is 1. The fraction of sp³-hybridized carbons (Fsp3) is 0.417. The summed E-state index contributed by atoms with van der Waals surface area (Å²) in [6, 6.07) is 6.69. The number of halogens is 1. The van der Waals surface area contributed by atoms with Crippen molar-refractivity contribution >= 4 is 32.9 Å². The molecule has 0 saturated heterocycles. The largest absolute Gasteiger partial charge is 0.369 e. The van der Waals surface area contributed by atoms with Gasteiger partial charge in [0, 0.05) is 10.5 Å². The van der Waals surface area contributed by atoms with E-state index in [1.54, 1.807) is 0 Å². The van der Waals surface area contributed by atoms with Gasteiger partial charge in [0.2, 0.25) is 5.95 Å². The summed E-state index contributed by atoms with van der Waals surface area (Å²) < 4.78 is 3.23. The minimum atomic E-state index is 0.543. The SMILES string of the molecule is CC1CC(n2c(N)nc3cc(Br)ccc32)C1. The molecule has 1 aliphatic rings. The average Bonchev–Trinajstić information content (AvgIpc) is 2.48. The molecule has 84 valence electrons. The molecule has 0 spiro atoms. The Hall–Kier alpha value is -1.03. The molecule has 2 aromatic rings. The van der Waals surface area contributed by atoms with E-state index in [4.69, 9.17) is 5.73 Å². The van der Waals surface area contributed by atoms with E-state index in [1.807, 2.05) is 12.1 Å². The van der Waals surface area contributed by atoms with Gasteiger partial charge in [-0.3, -0.25) is 0 Å². The molecule has 16 heavy (non-hydrogen) atoms. The van der Waals surface area contributed by atoms with Crippen LogP contribution in [0.1, 0.15) is 25.8 Å². The highest BCUT2D eigenvalue weighted by molar-refractivity contribution is 9.10. The van der Waals surface area contributed by atoms with Gasteiger partial charge in [0.25, 0.3) is 0 Å². The molecule has 0 atom stereocenters. The third-order valence-electron chi connectivity index (χ3n) is 3.39. The number of anilines is 1. The van der Waals surface area contributed by atoms with E-state index in [-0.39, 0.29) is 0 Å². The number of hydrogen-bond donors (Lipinski definition) is 1. The Morgan fingerprint density at radius 2 is 2.19 bits per heavy atom. The van der Waals surface area contributed by atoms with Crippen LogP contribution in [-0.4, -0.2) is 9.55 Å². The zero-order chi connectivity index (χ0) is 11.3. The summed E-state index contributed by atoms with van der Waals surface area (Å²) in [5, 5.41) is 0. The maximum absolute atomic E-state index is 6.00. The number of fused-ring (bicyclic) bond motifs is 1. The lowest BCUT2D eigenvalue weighted by atomic mass is 9.81. The lowest BCUT2D eigenvalue weighted by molar-refractivity contribution is 0.223. The Labute approximate surface area is 103 Å². The molecule has 1 aromatic heterocycles. The van der Waals surface area contributed by atoms with E-state index >= 15 is 0 Å². The van der Waals surface area contributed by atoms with E-state index in [0.717, 1.165) is 21.4 Å². The van der Waals surface area contributed by atoms with Gasteiger partial charge in [0.15, 0.2) is 0 Å². The highest BCUT2D eigenvalue weighted by Gasteiger charge is 2.29. The van der Waals surface area contributed by atoms with Gasteiger partial charge in [-0.05, 0) is 37.0 Å². The van der Waals surface area contributed by atoms with Gasteiger partial charge < -0.3 is 10.3 Å². The number of hydrogen-bond acceptors (Lipinski definition) is 2. The second-order valence-electron chi connectivity index (χ2n) is 4.70. The normalized spacial score (nSPS) is 24.6. The van der Waals surface area contributed by atoms with Crippen LogP contribution in [0.3, 0.4) is 0 Å². The molecule has 1 aliphatic carbocycles. The standard InChI is InChI=1S/C12H14BrN3/c1-7-4-9(5-7)16-11-3-2-8(13)6-10(11)15-12(16)14/h2-3,6-7,9H,4-5H2,1H3,(H2,14,15). The molecular weight excluding hydrogens is 266 g/mol. The van der Waals surface area contributed by atoms with Crippen LogP contribution in [0.2, 0.25) is 0 Å². The molecule has 0 radical (unpaired) electrons. The zero-order valence-electron chi connectivity index (χ0n) is 9.15. The maximum atomic E-state index is 6.00. The summed E-state index contributed by atoms with van der Waals surface area (Å²) in [6.07, 6.45) is 2.43. The van der Waals surface area contributed by atoms with Crippen molar-refractivity contribution in [2.24, 2.45) is 5.92 Å². The van der Waals surface area contributed by atoms with Crippen LogP contribution in [0.4, 0.5) is 5.95 Å². The fourth-order valence-electron chi connectivity index (χ4n) is 2.54. The second kappa shape index (κ2) is 3.48. The minimum absolute atomic E-state index is 0.543. The number of aromatic nitrogens is 2. The van der Waals surface area contributed by atoms with Crippen molar-refractivity contribution < 1.29 is 0 Å². The van der Waals surface area contributed by atoms with Gasteiger partial charge in [-0.25, -0.2) is 4.98 Å². The van der Waals surface area contributed by atoms with Gasteiger partial charge in [-0.1, -0.05) is 22.9 Å². The quantitative estimate of drug-likeness (QED) is 0.870. The third-order valence-corrected chi connectivity index (χ3v) is 3.89. The number of nitrogens with zero attached hydrogens (tertiary/aromatic N) is 2. The summed E-state index contributed by atoms with van der Waals surface area (Å²) in [6.45, 7) is 2.28. The molecular formula is C12H14BrN3. The van der Waals surface area contributed by atoms with Gasteiger partial charge in [-0.2, -0.15) is 0 Å². The lowest BCUT2D eigenvalue weighted by Gasteiger charge is -2.34. The predicted octanol–water partition coefficient (Wildman–Crippen LogP) is 3.35. The van der Waals surface area contributed by atoms with Gasteiger partial charge in [-0.15, -0.1) is 0 Å². The molecule has 3 rings (SSSR count). The number of benzene rings is 1. The molecule has 4 heteroatoms. The van der Waals surface area contributed by atoms with Crippen molar-refractivity contribution in [3.05, 3.63) is 22.7 Å². The Morgan fingerprint density at radius 1 is 1.44 bits per heavy atom.